The van der Waals surface area contributed by atoms with Crippen LogP contribution in [0.25, 0.3) is 5.69 Å². The van der Waals surface area contributed by atoms with Crippen molar-refractivity contribution in [2.75, 3.05) is 23.8 Å². The third kappa shape index (κ3) is 3.71. The van der Waals surface area contributed by atoms with Crippen molar-refractivity contribution in [1.29, 1.82) is 0 Å². The Balaban J connectivity index is 1.81. The van der Waals surface area contributed by atoms with E-state index in [0.29, 0.717) is 5.69 Å². The standard InChI is InChI=1S/C20H22N4O/c1-4-23(3)18-12-8-9-16(14-18)21-20(25)19-13-15(2)24(22-19)17-10-6-5-7-11-17/h5-14H,4H2,1-3H3,(H,21,25). The van der Waals surface area contributed by atoms with Crippen molar-refractivity contribution in [3.8, 4) is 5.69 Å². The van der Waals surface area contributed by atoms with Crippen LogP contribution in [0.1, 0.15) is 23.1 Å². The molecule has 0 unspecified atom stereocenters. The van der Waals surface area contributed by atoms with Crippen LogP contribution in [-0.4, -0.2) is 29.3 Å². The van der Waals surface area contributed by atoms with Gasteiger partial charge in [0, 0.05) is 30.7 Å². The largest absolute Gasteiger partial charge is 0.375 e. The summed E-state index contributed by atoms with van der Waals surface area (Å²) < 4.78 is 1.77. The van der Waals surface area contributed by atoms with Crippen LogP contribution in [0.2, 0.25) is 0 Å². The van der Waals surface area contributed by atoms with Crippen LogP contribution >= 0.6 is 0 Å². The average Bonchev–Trinajstić information content (AvgIpc) is 3.04. The highest BCUT2D eigenvalue weighted by Gasteiger charge is 2.14. The lowest BCUT2D eigenvalue weighted by molar-refractivity contribution is 0.102. The minimum absolute atomic E-state index is 0.214. The molecule has 1 amide bonds. The number of amides is 1. The fourth-order valence-corrected chi connectivity index (χ4v) is 2.61. The predicted molar refractivity (Wildman–Crippen MR) is 102 cm³/mol. The van der Waals surface area contributed by atoms with Crippen LogP contribution in [0.4, 0.5) is 11.4 Å². The lowest BCUT2D eigenvalue weighted by Crippen LogP contribution is -2.17. The highest BCUT2D eigenvalue weighted by Crippen LogP contribution is 2.19. The average molecular weight is 334 g/mol. The number of aryl methyl sites for hydroxylation is 1. The van der Waals surface area contributed by atoms with Gasteiger partial charge >= 0.3 is 0 Å². The van der Waals surface area contributed by atoms with Gasteiger partial charge in [0.15, 0.2) is 5.69 Å². The molecule has 0 aliphatic rings. The molecule has 0 bridgehead atoms. The zero-order valence-electron chi connectivity index (χ0n) is 14.7. The minimum Gasteiger partial charge on any atom is -0.375 e. The van der Waals surface area contributed by atoms with E-state index < -0.39 is 0 Å². The quantitative estimate of drug-likeness (QED) is 0.770. The van der Waals surface area contributed by atoms with Crippen LogP contribution in [0, 0.1) is 6.92 Å². The maximum atomic E-state index is 12.6. The summed E-state index contributed by atoms with van der Waals surface area (Å²) in [7, 11) is 2.02. The van der Waals surface area contributed by atoms with Gasteiger partial charge in [0.05, 0.1) is 5.69 Å². The lowest BCUT2D eigenvalue weighted by Gasteiger charge is -2.17. The van der Waals surface area contributed by atoms with E-state index in [1.165, 1.54) is 0 Å². The minimum atomic E-state index is -0.214. The molecule has 0 spiro atoms. The van der Waals surface area contributed by atoms with Gasteiger partial charge in [-0.2, -0.15) is 5.10 Å². The van der Waals surface area contributed by atoms with E-state index in [0.717, 1.165) is 29.3 Å². The Hall–Kier alpha value is -3.08. The number of rotatable bonds is 5. The van der Waals surface area contributed by atoms with E-state index in [1.807, 2.05) is 68.6 Å². The van der Waals surface area contributed by atoms with Gasteiger partial charge in [0.25, 0.3) is 5.91 Å². The van der Waals surface area contributed by atoms with E-state index in [2.05, 4.69) is 22.2 Å². The number of hydrogen-bond donors (Lipinski definition) is 1. The molecule has 1 aromatic heterocycles. The molecule has 3 rings (SSSR count). The number of carbonyl (C=O) groups is 1. The summed E-state index contributed by atoms with van der Waals surface area (Å²) >= 11 is 0. The summed E-state index contributed by atoms with van der Waals surface area (Å²) in [4.78, 5) is 14.7. The van der Waals surface area contributed by atoms with Gasteiger partial charge in [0.1, 0.15) is 0 Å². The summed E-state index contributed by atoms with van der Waals surface area (Å²) in [6, 6.07) is 19.4. The zero-order valence-corrected chi connectivity index (χ0v) is 14.7. The number of para-hydroxylation sites is 1. The maximum Gasteiger partial charge on any atom is 0.276 e. The van der Waals surface area contributed by atoms with Crippen LogP contribution in [-0.2, 0) is 0 Å². The van der Waals surface area contributed by atoms with Crippen molar-refractivity contribution in [2.24, 2.45) is 0 Å². The molecule has 3 aromatic rings. The Kier molecular flexibility index (Phi) is 4.84. The number of hydrogen-bond acceptors (Lipinski definition) is 3. The fourth-order valence-electron chi connectivity index (χ4n) is 2.61. The van der Waals surface area contributed by atoms with Crippen LogP contribution < -0.4 is 10.2 Å². The first kappa shape index (κ1) is 16.8. The zero-order chi connectivity index (χ0) is 17.8. The van der Waals surface area contributed by atoms with E-state index in [9.17, 15) is 4.79 Å². The van der Waals surface area contributed by atoms with E-state index in [4.69, 9.17) is 0 Å². The van der Waals surface area contributed by atoms with Gasteiger partial charge in [-0.3, -0.25) is 4.79 Å². The molecule has 5 nitrogen and oxygen atoms in total. The molecule has 0 radical (unpaired) electrons. The second-order valence-corrected chi connectivity index (χ2v) is 5.94. The fraction of sp³-hybridized carbons (Fsp3) is 0.200. The molecule has 25 heavy (non-hydrogen) atoms. The summed E-state index contributed by atoms with van der Waals surface area (Å²) in [6.07, 6.45) is 0. The number of aromatic nitrogens is 2. The smallest absolute Gasteiger partial charge is 0.276 e. The second-order valence-electron chi connectivity index (χ2n) is 5.94. The normalized spacial score (nSPS) is 10.5. The highest BCUT2D eigenvalue weighted by molar-refractivity contribution is 6.03. The monoisotopic (exact) mass is 334 g/mol. The van der Waals surface area contributed by atoms with Crippen molar-refractivity contribution in [3.63, 3.8) is 0 Å². The number of anilines is 2. The number of nitrogens with one attached hydrogen (secondary N) is 1. The van der Waals surface area contributed by atoms with Gasteiger partial charge < -0.3 is 10.2 Å². The van der Waals surface area contributed by atoms with E-state index in [1.54, 1.807) is 10.7 Å². The SMILES string of the molecule is CCN(C)c1cccc(NC(=O)c2cc(C)n(-c3ccccc3)n2)c1. The van der Waals surface area contributed by atoms with Gasteiger partial charge in [-0.15, -0.1) is 0 Å². The Morgan fingerprint density at radius 2 is 1.88 bits per heavy atom. The second kappa shape index (κ2) is 7.21. The molecular weight excluding hydrogens is 312 g/mol. The van der Waals surface area contributed by atoms with E-state index in [-0.39, 0.29) is 5.91 Å². The van der Waals surface area contributed by atoms with Crippen molar-refractivity contribution in [1.82, 2.24) is 9.78 Å². The van der Waals surface area contributed by atoms with Gasteiger partial charge in [-0.25, -0.2) is 4.68 Å². The molecule has 2 aromatic carbocycles. The van der Waals surface area contributed by atoms with Crippen molar-refractivity contribution < 1.29 is 4.79 Å². The highest BCUT2D eigenvalue weighted by atomic mass is 16.1. The van der Waals surface area contributed by atoms with Gasteiger partial charge in [0.2, 0.25) is 0 Å². The maximum absolute atomic E-state index is 12.6. The summed E-state index contributed by atoms with van der Waals surface area (Å²) in [5.74, 6) is -0.214. The molecule has 5 heteroatoms. The van der Waals surface area contributed by atoms with Crippen LogP contribution in [0.3, 0.4) is 0 Å². The lowest BCUT2D eigenvalue weighted by atomic mass is 10.2. The third-order valence-corrected chi connectivity index (χ3v) is 4.14. The molecule has 0 fully saturated rings. The molecule has 0 atom stereocenters. The van der Waals surface area contributed by atoms with Gasteiger partial charge in [-0.05, 0) is 50.2 Å². The molecule has 0 saturated carbocycles. The first-order valence-electron chi connectivity index (χ1n) is 8.33. The first-order valence-corrected chi connectivity index (χ1v) is 8.33. The topological polar surface area (TPSA) is 50.2 Å². The van der Waals surface area contributed by atoms with E-state index >= 15 is 0 Å². The molecule has 1 N–H and O–H groups in total. The molecule has 128 valence electrons. The van der Waals surface area contributed by atoms with Crippen molar-refractivity contribution in [3.05, 3.63) is 72.1 Å². The Morgan fingerprint density at radius 3 is 2.60 bits per heavy atom. The summed E-state index contributed by atoms with van der Waals surface area (Å²) in [5.41, 5.74) is 4.07. The Labute approximate surface area is 147 Å². The number of carbonyl (C=O) groups excluding carboxylic acids is 1. The van der Waals surface area contributed by atoms with Gasteiger partial charge in [-0.1, -0.05) is 24.3 Å². The van der Waals surface area contributed by atoms with Crippen molar-refractivity contribution in [2.45, 2.75) is 13.8 Å². The summed E-state index contributed by atoms with van der Waals surface area (Å²) in [5, 5.41) is 7.37. The molecule has 1 heterocycles. The number of nitrogens with zero attached hydrogens (tertiary/aromatic N) is 3. The predicted octanol–water partition coefficient (Wildman–Crippen LogP) is 3.89. The van der Waals surface area contributed by atoms with Crippen LogP contribution in [0.5, 0.6) is 0 Å². The molecule has 0 aliphatic heterocycles. The summed E-state index contributed by atoms with van der Waals surface area (Å²) in [6.45, 7) is 4.93. The number of benzene rings is 2. The van der Waals surface area contributed by atoms with Crippen molar-refractivity contribution >= 4 is 17.3 Å². The molecular formula is C20H22N4O. The Bertz CT molecular complexity index is 870. The third-order valence-electron chi connectivity index (χ3n) is 4.14. The molecule has 0 aliphatic carbocycles. The Morgan fingerprint density at radius 1 is 1.12 bits per heavy atom. The molecule has 0 saturated heterocycles. The van der Waals surface area contributed by atoms with Crippen LogP contribution in [0.15, 0.2) is 60.7 Å². The first-order chi connectivity index (χ1) is 12.1.